The van der Waals surface area contributed by atoms with Crippen LogP contribution in [-0.4, -0.2) is 6.61 Å². The van der Waals surface area contributed by atoms with Gasteiger partial charge in [-0.05, 0) is 32.1 Å². The fraction of sp³-hybridized carbons (Fsp3) is 0.174. The summed E-state index contributed by atoms with van der Waals surface area (Å²) in [5, 5.41) is 0. The van der Waals surface area contributed by atoms with Crippen LogP contribution in [-0.2, 0) is 9.47 Å². The zero-order valence-electron chi connectivity index (χ0n) is 16.9. The number of hydrogen-bond donors (Lipinski definition) is 0. The van der Waals surface area contributed by atoms with E-state index in [0.29, 0.717) is 6.61 Å². The number of fused-ring (bicyclic) bond motifs is 1. The highest BCUT2D eigenvalue weighted by Crippen LogP contribution is 2.42. The number of halogens is 1. The number of ether oxygens (including phenoxy) is 2. The van der Waals surface area contributed by atoms with Gasteiger partial charge in [-0.1, -0.05) is 48.5 Å². The van der Waals surface area contributed by atoms with Gasteiger partial charge in [0.15, 0.2) is 0 Å². The molecule has 0 bridgehead atoms. The van der Waals surface area contributed by atoms with Crippen molar-refractivity contribution >= 4 is 11.8 Å². The summed E-state index contributed by atoms with van der Waals surface area (Å²) in [7, 11) is -4.94. The van der Waals surface area contributed by atoms with Crippen molar-refractivity contribution in [1.82, 2.24) is 0 Å². The van der Waals surface area contributed by atoms with Gasteiger partial charge in [-0.3, -0.25) is 0 Å². The van der Waals surface area contributed by atoms with E-state index in [4.69, 9.17) is 32.5 Å². The standard InChI is InChI=1S/C23H21O3.ClHO4/c1-3-24-23-21-19(14-20(26-23)17-10-6-4-7-11-17)16(2)15-25-22(21)18-12-8-5-9-13-18;2-1(3,4)5/h4-15,23H,3H2,1-2H3;(H,2,3,4,5)/q+1;/p-1. The average Bonchev–Trinajstić information content (AvgIpc) is 2.74. The van der Waals surface area contributed by atoms with Gasteiger partial charge in [-0.2, -0.15) is 0 Å². The van der Waals surface area contributed by atoms with Crippen molar-refractivity contribution in [2.75, 3.05) is 6.61 Å². The Balaban J connectivity index is 0.000000491. The second-order valence-electron chi connectivity index (χ2n) is 6.60. The molecule has 1 aliphatic rings. The monoisotopic (exact) mass is 444 g/mol. The Morgan fingerprint density at radius 3 is 2.03 bits per heavy atom. The van der Waals surface area contributed by atoms with Crippen LogP contribution in [0.5, 0.6) is 0 Å². The van der Waals surface area contributed by atoms with Gasteiger partial charge in [-0.15, -0.1) is 10.2 Å². The first-order valence-corrected chi connectivity index (χ1v) is 10.7. The van der Waals surface area contributed by atoms with Crippen LogP contribution in [0.1, 0.15) is 35.5 Å². The first-order valence-electron chi connectivity index (χ1n) is 9.45. The van der Waals surface area contributed by atoms with Gasteiger partial charge in [0, 0.05) is 17.7 Å². The molecular weight excluding hydrogens is 424 g/mol. The maximum Gasteiger partial charge on any atom is 0.369 e. The zero-order valence-corrected chi connectivity index (χ0v) is 17.7. The largest absolute Gasteiger partial charge is 0.460 e. The van der Waals surface area contributed by atoms with Crippen LogP contribution in [0.2, 0.25) is 0 Å². The molecule has 0 fully saturated rings. The van der Waals surface area contributed by atoms with E-state index in [1.165, 1.54) is 0 Å². The fourth-order valence-electron chi connectivity index (χ4n) is 3.21. The highest BCUT2D eigenvalue weighted by atomic mass is 35.7. The molecule has 0 N–H and O–H groups in total. The van der Waals surface area contributed by atoms with Crippen molar-refractivity contribution in [3.63, 3.8) is 0 Å². The van der Waals surface area contributed by atoms with Gasteiger partial charge in [0.05, 0.1) is 11.1 Å². The van der Waals surface area contributed by atoms with Crippen molar-refractivity contribution in [3.05, 3.63) is 89.2 Å². The summed E-state index contributed by atoms with van der Waals surface area (Å²) in [6.07, 6.45) is 3.38. The van der Waals surface area contributed by atoms with E-state index in [9.17, 15) is 0 Å². The third-order valence-electron chi connectivity index (χ3n) is 4.47. The predicted molar refractivity (Wildman–Crippen MR) is 103 cm³/mol. The van der Waals surface area contributed by atoms with E-state index in [2.05, 4.69) is 6.08 Å². The van der Waals surface area contributed by atoms with Crippen LogP contribution in [0.15, 0.2) is 71.3 Å². The lowest BCUT2D eigenvalue weighted by molar-refractivity contribution is -2.00. The van der Waals surface area contributed by atoms with Crippen molar-refractivity contribution in [2.24, 2.45) is 0 Å². The third kappa shape index (κ3) is 6.11. The quantitative estimate of drug-likeness (QED) is 0.556. The molecule has 1 unspecified atom stereocenters. The Labute approximate surface area is 182 Å². The Morgan fingerprint density at radius 2 is 1.48 bits per heavy atom. The molecule has 0 radical (unpaired) electrons. The molecule has 1 aromatic heterocycles. The molecule has 0 saturated heterocycles. The third-order valence-corrected chi connectivity index (χ3v) is 4.47. The van der Waals surface area contributed by atoms with Crippen LogP contribution >= 0.6 is 0 Å². The Bertz CT molecular complexity index is 1030. The van der Waals surface area contributed by atoms with Crippen LogP contribution in [0.4, 0.5) is 0 Å². The molecule has 1 aliphatic heterocycles. The van der Waals surface area contributed by atoms with Crippen molar-refractivity contribution < 1.29 is 42.8 Å². The Morgan fingerprint density at radius 1 is 0.935 bits per heavy atom. The lowest BCUT2D eigenvalue weighted by atomic mass is 9.95. The van der Waals surface area contributed by atoms with Gasteiger partial charge in [-0.25, -0.2) is 23.1 Å². The summed E-state index contributed by atoms with van der Waals surface area (Å²) in [6, 6.07) is 20.2. The van der Waals surface area contributed by atoms with E-state index in [-0.39, 0.29) is 0 Å². The van der Waals surface area contributed by atoms with Crippen LogP contribution in [0.25, 0.3) is 23.2 Å². The van der Waals surface area contributed by atoms with Crippen LogP contribution in [0.3, 0.4) is 0 Å². The number of hydrogen-bond acceptors (Lipinski definition) is 6. The van der Waals surface area contributed by atoms with Crippen molar-refractivity contribution in [3.8, 4) is 11.3 Å². The fourth-order valence-corrected chi connectivity index (χ4v) is 3.21. The van der Waals surface area contributed by atoms with Gasteiger partial charge in [0.1, 0.15) is 11.3 Å². The Hall–Kier alpha value is -2.78. The van der Waals surface area contributed by atoms with Gasteiger partial charge >= 0.3 is 12.0 Å². The summed E-state index contributed by atoms with van der Waals surface area (Å²) in [6.45, 7) is 4.57. The van der Waals surface area contributed by atoms with E-state index >= 15 is 0 Å². The van der Waals surface area contributed by atoms with Gasteiger partial charge in [0.2, 0.25) is 6.29 Å². The van der Waals surface area contributed by atoms with E-state index in [1.54, 1.807) is 6.26 Å². The zero-order chi connectivity index (χ0) is 22.4. The molecule has 0 aliphatic carbocycles. The molecule has 0 spiro atoms. The second-order valence-corrected chi connectivity index (χ2v) is 7.35. The summed E-state index contributed by atoms with van der Waals surface area (Å²) >= 11 is 0. The normalized spacial score (nSPS) is 15.2. The summed E-state index contributed by atoms with van der Waals surface area (Å²) < 4.78 is 52.1. The minimum atomic E-state index is -4.94. The van der Waals surface area contributed by atoms with Crippen LogP contribution < -0.4 is 18.6 Å². The highest BCUT2D eigenvalue weighted by Gasteiger charge is 2.35. The lowest BCUT2D eigenvalue weighted by Gasteiger charge is -2.26. The molecule has 7 nitrogen and oxygen atoms in total. The minimum absolute atomic E-state index is 0.505. The molecule has 3 aromatic rings. The molecule has 162 valence electrons. The Kier molecular flexibility index (Phi) is 7.40. The minimum Gasteiger partial charge on any atom is -0.460 e. The number of aryl methyl sites for hydroxylation is 1. The van der Waals surface area contributed by atoms with Crippen molar-refractivity contribution in [1.29, 1.82) is 0 Å². The molecule has 4 rings (SSSR count). The van der Waals surface area contributed by atoms with E-state index in [1.807, 2.05) is 74.5 Å². The molecule has 8 heteroatoms. The van der Waals surface area contributed by atoms with E-state index < -0.39 is 16.5 Å². The molecular formula is C23H21ClO7. The van der Waals surface area contributed by atoms with E-state index in [0.717, 1.165) is 39.3 Å². The maximum atomic E-state index is 8.49. The average molecular weight is 445 g/mol. The maximum absolute atomic E-state index is 8.49. The van der Waals surface area contributed by atoms with Gasteiger partial charge in [0.25, 0.3) is 0 Å². The highest BCUT2D eigenvalue weighted by molar-refractivity contribution is 5.83. The molecule has 31 heavy (non-hydrogen) atoms. The lowest BCUT2D eigenvalue weighted by Crippen LogP contribution is -2.68. The number of benzene rings is 2. The molecule has 0 amide bonds. The van der Waals surface area contributed by atoms with Crippen molar-refractivity contribution in [2.45, 2.75) is 20.1 Å². The molecule has 2 heterocycles. The summed E-state index contributed by atoms with van der Waals surface area (Å²) in [5.74, 6) is 1.60. The summed E-state index contributed by atoms with van der Waals surface area (Å²) in [5.41, 5.74) is 5.13. The SMILES string of the molecule is CCOC1OC(c2ccccc2)=Cc2c(C)c[o+]c(-c3ccccc3)c21.[O-][Cl+3]([O-])([O-])[O-]. The van der Waals surface area contributed by atoms with Crippen LogP contribution in [0, 0.1) is 17.2 Å². The smallest absolute Gasteiger partial charge is 0.369 e. The molecule has 0 saturated carbocycles. The molecule has 1 atom stereocenters. The molecule has 2 aromatic carbocycles. The first kappa shape index (κ1) is 22.9. The predicted octanol–water partition coefficient (Wildman–Crippen LogP) is 1.34. The van der Waals surface area contributed by atoms with Gasteiger partial charge < -0.3 is 9.47 Å². The second kappa shape index (κ2) is 10.0. The first-order chi connectivity index (χ1) is 14.8. The summed E-state index contributed by atoms with van der Waals surface area (Å²) in [4.78, 5) is 0. The number of rotatable bonds is 4. The topological polar surface area (TPSA) is 122 Å².